The van der Waals surface area contributed by atoms with Crippen molar-refractivity contribution in [2.24, 2.45) is 11.7 Å². The van der Waals surface area contributed by atoms with Gasteiger partial charge in [-0.3, -0.25) is 10.1 Å². The lowest BCUT2D eigenvalue weighted by atomic mass is 9.95. The standard InChI is InChI=1S/C13H25N3O4/c1-8(2)13(14,15-12(18)20-5)11(17)16-7-10(19-4)6-9(16)3/h8-10H,6-7,14H2,1-5H3,(H,15,18)/t9?,10-,13+/m1/s1. The topological polar surface area (TPSA) is 93.9 Å². The predicted molar refractivity (Wildman–Crippen MR) is 73.9 cm³/mol. The Morgan fingerprint density at radius 1 is 1.40 bits per heavy atom. The van der Waals surface area contributed by atoms with Crippen LogP contribution >= 0.6 is 0 Å². The summed E-state index contributed by atoms with van der Waals surface area (Å²) in [6.07, 6.45) is 0.0439. The Hall–Kier alpha value is -1.34. The monoisotopic (exact) mass is 287 g/mol. The van der Waals surface area contributed by atoms with E-state index in [2.05, 4.69) is 10.1 Å². The molecule has 7 heteroatoms. The number of carbonyl (C=O) groups excluding carboxylic acids is 2. The number of ether oxygens (including phenoxy) is 2. The van der Waals surface area contributed by atoms with Crippen LogP contribution in [0.1, 0.15) is 27.2 Å². The van der Waals surface area contributed by atoms with Crippen LogP contribution in [0.5, 0.6) is 0 Å². The summed E-state index contributed by atoms with van der Waals surface area (Å²) < 4.78 is 9.84. The molecule has 3 N–H and O–H groups in total. The van der Waals surface area contributed by atoms with Crippen molar-refractivity contribution in [2.75, 3.05) is 20.8 Å². The molecule has 0 radical (unpaired) electrons. The van der Waals surface area contributed by atoms with Crippen LogP contribution < -0.4 is 11.1 Å². The molecule has 1 aliphatic rings. The quantitative estimate of drug-likeness (QED) is 0.725. The number of hydrogen-bond donors (Lipinski definition) is 2. The molecule has 116 valence electrons. The highest BCUT2D eigenvalue weighted by atomic mass is 16.5. The van der Waals surface area contributed by atoms with Crippen molar-refractivity contribution in [1.82, 2.24) is 10.2 Å². The van der Waals surface area contributed by atoms with Gasteiger partial charge in [0.25, 0.3) is 5.91 Å². The van der Waals surface area contributed by atoms with Crippen LogP contribution in [-0.2, 0) is 14.3 Å². The zero-order valence-electron chi connectivity index (χ0n) is 12.8. The van der Waals surface area contributed by atoms with Crippen LogP contribution in [0.3, 0.4) is 0 Å². The van der Waals surface area contributed by atoms with Crippen molar-refractivity contribution in [3.8, 4) is 0 Å². The fourth-order valence-electron chi connectivity index (χ4n) is 2.34. The normalized spacial score (nSPS) is 25.4. The Morgan fingerprint density at radius 2 is 2.00 bits per heavy atom. The summed E-state index contributed by atoms with van der Waals surface area (Å²) in [6.45, 7) is 5.98. The van der Waals surface area contributed by atoms with E-state index in [1.54, 1.807) is 25.9 Å². The summed E-state index contributed by atoms with van der Waals surface area (Å²) in [5.41, 5.74) is 4.66. The highest BCUT2D eigenvalue weighted by Crippen LogP contribution is 2.24. The van der Waals surface area contributed by atoms with E-state index in [1.807, 2.05) is 6.92 Å². The maximum atomic E-state index is 12.7. The number of carbonyl (C=O) groups is 2. The molecule has 7 nitrogen and oxygen atoms in total. The van der Waals surface area contributed by atoms with Crippen molar-refractivity contribution < 1.29 is 19.1 Å². The third kappa shape index (κ3) is 3.21. The third-order valence-electron chi connectivity index (χ3n) is 3.89. The van der Waals surface area contributed by atoms with E-state index in [1.165, 1.54) is 7.11 Å². The molecule has 3 atom stereocenters. The van der Waals surface area contributed by atoms with Gasteiger partial charge in [-0.2, -0.15) is 0 Å². The minimum absolute atomic E-state index is 0.00323. The highest BCUT2D eigenvalue weighted by molar-refractivity contribution is 5.90. The summed E-state index contributed by atoms with van der Waals surface area (Å²) in [4.78, 5) is 25.8. The van der Waals surface area contributed by atoms with Gasteiger partial charge in [-0.1, -0.05) is 13.8 Å². The summed E-state index contributed by atoms with van der Waals surface area (Å²) in [6, 6.07) is 0.0218. The summed E-state index contributed by atoms with van der Waals surface area (Å²) in [5.74, 6) is -0.590. The zero-order valence-corrected chi connectivity index (χ0v) is 12.8. The van der Waals surface area contributed by atoms with E-state index >= 15 is 0 Å². The van der Waals surface area contributed by atoms with Crippen molar-refractivity contribution >= 4 is 12.0 Å². The zero-order chi connectivity index (χ0) is 15.5. The molecule has 0 aromatic carbocycles. The maximum absolute atomic E-state index is 12.7. The molecule has 0 aromatic rings. The molecule has 0 saturated carbocycles. The molecular formula is C13H25N3O4. The average molecular weight is 287 g/mol. The Morgan fingerprint density at radius 3 is 2.40 bits per heavy atom. The highest BCUT2D eigenvalue weighted by Gasteiger charge is 2.46. The molecule has 0 aromatic heterocycles. The van der Waals surface area contributed by atoms with Crippen LogP contribution in [-0.4, -0.2) is 55.5 Å². The molecule has 0 spiro atoms. The predicted octanol–water partition coefficient (Wildman–Crippen LogP) is 0.289. The Kier molecular flexibility index (Phi) is 5.35. The maximum Gasteiger partial charge on any atom is 0.408 e. The van der Waals surface area contributed by atoms with Gasteiger partial charge in [0, 0.05) is 19.7 Å². The number of nitrogens with one attached hydrogen (secondary N) is 1. The molecule has 1 fully saturated rings. The molecule has 1 rings (SSSR count). The first-order chi connectivity index (χ1) is 9.26. The number of alkyl carbamates (subject to hydrolysis) is 1. The van der Waals surface area contributed by atoms with Gasteiger partial charge in [-0.25, -0.2) is 4.79 Å². The largest absolute Gasteiger partial charge is 0.453 e. The number of amides is 2. The Labute approximate surface area is 119 Å². The van der Waals surface area contributed by atoms with Gasteiger partial charge >= 0.3 is 6.09 Å². The average Bonchev–Trinajstić information content (AvgIpc) is 2.78. The van der Waals surface area contributed by atoms with Crippen molar-refractivity contribution in [3.05, 3.63) is 0 Å². The number of nitrogens with two attached hydrogens (primary N) is 1. The van der Waals surface area contributed by atoms with Gasteiger partial charge in [0.05, 0.1) is 13.2 Å². The molecular weight excluding hydrogens is 262 g/mol. The second-order valence-corrected chi connectivity index (χ2v) is 5.54. The van der Waals surface area contributed by atoms with Crippen molar-refractivity contribution in [2.45, 2.75) is 45.0 Å². The van der Waals surface area contributed by atoms with Crippen LogP contribution in [0.4, 0.5) is 4.79 Å². The fraction of sp³-hybridized carbons (Fsp3) is 0.846. The van der Waals surface area contributed by atoms with E-state index in [-0.39, 0.29) is 24.0 Å². The van der Waals surface area contributed by atoms with E-state index in [4.69, 9.17) is 10.5 Å². The summed E-state index contributed by atoms with van der Waals surface area (Å²) >= 11 is 0. The number of hydrogen-bond acceptors (Lipinski definition) is 5. The van der Waals surface area contributed by atoms with Crippen molar-refractivity contribution in [3.63, 3.8) is 0 Å². The van der Waals surface area contributed by atoms with Crippen LogP contribution in [0.15, 0.2) is 0 Å². The number of methoxy groups -OCH3 is 2. The lowest BCUT2D eigenvalue weighted by Gasteiger charge is -2.37. The fourth-order valence-corrected chi connectivity index (χ4v) is 2.34. The first-order valence-electron chi connectivity index (χ1n) is 6.75. The van der Waals surface area contributed by atoms with Gasteiger partial charge in [0.1, 0.15) is 0 Å². The lowest BCUT2D eigenvalue weighted by Crippen LogP contribution is -2.69. The van der Waals surface area contributed by atoms with E-state index in [0.29, 0.717) is 6.54 Å². The smallest absolute Gasteiger partial charge is 0.408 e. The third-order valence-corrected chi connectivity index (χ3v) is 3.89. The molecule has 1 unspecified atom stereocenters. The van der Waals surface area contributed by atoms with E-state index in [9.17, 15) is 9.59 Å². The number of nitrogens with zero attached hydrogens (tertiary/aromatic N) is 1. The molecule has 0 aliphatic carbocycles. The molecule has 1 saturated heterocycles. The van der Waals surface area contributed by atoms with Gasteiger partial charge in [-0.15, -0.1) is 0 Å². The molecule has 1 aliphatic heterocycles. The molecule has 0 bridgehead atoms. The molecule has 2 amide bonds. The summed E-state index contributed by atoms with van der Waals surface area (Å²) in [7, 11) is 2.86. The van der Waals surface area contributed by atoms with Gasteiger partial charge in [-0.05, 0) is 19.3 Å². The van der Waals surface area contributed by atoms with Gasteiger partial charge < -0.3 is 20.1 Å². The first kappa shape index (κ1) is 16.7. The summed E-state index contributed by atoms with van der Waals surface area (Å²) in [5, 5.41) is 2.46. The second-order valence-electron chi connectivity index (χ2n) is 5.54. The van der Waals surface area contributed by atoms with Gasteiger partial charge in [0.2, 0.25) is 0 Å². The minimum Gasteiger partial charge on any atom is -0.453 e. The molecule has 1 heterocycles. The molecule has 20 heavy (non-hydrogen) atoms. The Balaban J connectivity index is 2.92. The van der Waals surface area contributed by atoms with E-state index in [0.717, 1.165) is 6.42 Å². The first-order valence-corrected chi connectivity index (χ1v) is 6.75. The minimum atomic E-state index is -1.48. The SMILES string of the molecule is COC(=O)N[C@](N)(C(=O)N1C[C@H](OC)CC1C)C(C)C. The second kappa shape index (κ2) is 6.41. The Bertz CT molecular complexity index is 375. The lowest BCUT2D eigenvalue weighted by molar-refractivity contribution is -0.141. The number of rotatable bonds is 4. The van der Waals surface area contributed by atoms with Crippen LogP contribution in [0, 0.1) is 5.92 Å². The van der Waals surface area contributed by atoms with Crippen molar-refractivity contribution in [1.29, 1.82) is 0 Å². The van der Waals surface area contributed by atoms with Crippen LogP contribution in [0.25, 0.3) is 0 Å². The number of likely N-dealkylation sites (tertiary alicyclic amines) is 1. The van der Waals surface area contributed by atoms with Crippen LogP contribution in [0.2, 0.25) is 0 Å². The van der Waals surface area contributed by atoms with Gasteiger partial charge in [0.15, 0.2) is 5.66 Å². The van der Waals surface area contributed by atoms with E-state index < -0.39 is 11.8 Å².